The van der Waals surface area contributed by atoms with Crippen molar-refractivity contribution in [3.63, 3.8) is 0 Å². The molecule has 598 valence electrons. The van der Waals surface area contributed by atoms with E-state index in [1.807, 2.05) is 0 Å². The summed E-state index contributed by atoms with van der Waals surface area (Å²) < 4.78 is 68.7. The summed E-state index contributed by atoms with van der Waals surface area (Å²) in [5.41, 5.74) is 0. The van der Waals surface area contributed by atoms with Crippen molar-refractivity contribution in [1.29, 1.82) is 0 Å². The Balaban J connectivity index is 5.34. The molecule has 0 aliphatic heterocycles. The molecule has 2 unspecified atom stereocenters. The summed E-state index contributed by atoms with van der Waals surface area (Å²) in [5, 5.41) is 10.7. The van der Waals surface area contributed by atoms with Crippen molar-refractivity contribution >= 4 is 39.5 Å². The van der Waals surface area contributed by atoms with E-state index in [2.05, 4.69) is 76.3 Å². The van der Waals surface area contributed by atoms with Crippen LogP contribution in [0.5, 0.6) is 0 Å². The van der Waals surface area contributed by atoms with Gasteiger partial charge in [-0.1, -0.05) is 314 Å². The van der Waals surface area contributed by atoms with Gasteiger partial charge in [0.25, 0.3) is 0 Å². The third-order valence-electron chi connectivity index (χ3n) is 18.3. The molecule has 5 atom stereocenters. The number of ether oxygens (including phenoxy) is 4. The van der Waals surface area contributed by atoms with Gasteiger partial charge in [-0.25, -0.2) is 9.13 Å². The van der Waals surface area contributed by atoms with E-state index in [1.54, 1.807) is 0 Å². The second kappa shape index (κ2) is 76.2. The molecule has 102 heavy (non-hydrogen) atoms. The molecule has 19 heteroatoms. The van der Waals surface area contributed by atoms with Gasteiger partial charge in [0.15, 0.2) is 12.2 Å². The average molecular weight is 1490 g/mol. The van der Waals surface area contributed by atoms with Crippen molar-refractivity contribution < 1.29 is 80.2 Å². The molecule has 0 aliphatic carbocycles. The van der Waals surface area contributed by atoms with E-state index in [0.717, 1.165) is 148 Å². The maximum Gasteiger partial charge on any atom is 0.472 e. The summed E-state index contributed by atoms with van der Waals surface area (Å²) >= 11 is 0. The minimum atomic E-state index is -4.97. The van der Waals surface area contributed by atoms with Crippen molar-refractivity contribution in [3.8, 4) is 0 Å². The fourth-order valence-electron chi connectivity index (χ4n) is 11.8. The quantitative estimate of drug-likeness (QED) is 0.0169. The van der Waals surface area contributed by atoms with Crippen LogP contribution in [0.3, 0.4) is 0 Å². The zero-order valence-corrected chi connectivity index (χ0v) is 67.3. The molecule has 0 spiro atoms. The van der Waals surface area contributed by atoms with Gasteiger partial charge in [0, 0.05) is 25.7 Å². The second-order valence-electron chi connectivity index (χ2n) is 28.4. The Bertz CT molecular complexity index is 2120. The molecule has 0 aromatic heterocycles. The number of rotatable bonds is 80. The van der Waals surface area contributed by atoms with E-state index < -0.39 is 97.5 Å². The van der Waals surface area contributed by atoms with Crippen LogP contribution in [0.2, 0.25) is 0 Å². The summed E-state index contributed by atoms with van der Waals surface area (Å²) in [6.07, 6.45) is 75.0. The Morgan fingerprint density at radius 2 is 0.480 bits per heavy atom. The van der Waals surface area contributed by atoms with Crippen LogP contribution in [0.15, 0.2) is 48.6 Å². The molecule has 0 heterocycles. The minimum Gasteiger partial charge on any atom is -0.462 e. The topological polar surface area (TPSA) is 237 Å². The summed E-state index contributed by atoms with van der Waals surface area (Å²) in [6, 6.07) is 0. The molecule has 0 aromatic carbocycles. The number of hydrogen-bond acceptors (Lipinski definition) is 15. The third-order valence-corrected chi connectivity index (χ3v) is 20.2. The number of phosphoric ester groups is 2. The lowest BCUT2D eigenvalue weighted by Gasteiger charge is -2.21. The van der Waals surface area contributed by atoms with Crippen LogP contribution in [0.1, 0.15) is 400 Å². The van der Waals surface area contributed by atoms with Crippen LogP contribution in [-0.4, -0.2) is 96.7 Å². The van der Waals surface area contributed by atoms with Crippen molar-refractivity contribution in [2.24, 2.45) is 0 Å². The largest absolute Gasteiger partial charge is 0.472 e. The standard InChI is InChI=1S/C83H154O17P2/c1-5-9-13-17-21-25-29-33-37-38-42-46-50-54-58-62-66-70-83(88)100-79(74-94-81(86)68-64-60-56-52-48-44-40-35-31-27-23-19-15-11-7-3)76-98-102(91,92)96-72-77(84)71-95-101(89,90)97-75-78(99-82(87)69-65-61-57-53-49-45-41-36-32-28-24-20-16-12-8-4)73-93-80(85)67-63-59-55-51-47-43-39-34-30-26-22-18-14-10-6-2/h22,26,34-36,39-41,77-79,84H,5-21,23-25,27-33,37-38,42-76H2,1-4H3,(H,89,90)(H,91,92)/b26-22-,39-34-,40-35-,41-36-/t77-,78+,79+/m0/s1. The zero-order valence-electron chi connectivity index (χ0n) is 65.6. The van der Waals surface area contributed by atoms with Gasteiger partial charge in [-0.3, -0.25) is 37.3 Å². The van der Waals surface area contributed by atoms with Gasteiger partial charge in [0.2, 0.25) is 0 Å². The fourth-order valence-corrected chi connectivity index (χ4v) is 13.4. The molecule has 0 aliphatic rings. The van der Waals surface area contributed by atoms with Crippen LogP contribution in [0.4, 0.5) is 0 Å². The molecule has 0 saturated heterocycles. The monoisotopic (exact) mass is 1490 g/mol. The number of carbonyl (C=O) groups is 4. The predicted octanol–water partition coefficient (Wildman–Crippen LogP) is 24.5. The van der Waals surface area contributed by atoms with Crippen molar-refractivity contribution in [3.05, 3.63) is 48.6 Å². The number of hydrogen-bond donors (Lipinski definition) is 3. The number of unbranched alkanes of at least 4 members (excludes halogenated alkanes) is 46. The van der Waals surface area contributed by atoms with Gasteiger partial charge in [-0.15, -0.1) is 0 Å². The van der Waals surface area contributed by atoms with Gasteiger partial charge < -0.3 is 33.8 Å². The molecule has 0 radical (unpaired) electrons. The minimum absolute atomic E-state index is 0.0869. The highest BCUT2D eigenvalue weighted by atomic mass is 31.2. The molecule has 0 rings (SSSR count). The van der Waals surface area contributed by atoms with Gasteiger partial charge in [-0.05, 0) is 109 Å². The van der Waals surface area contributed by atoms with Gasteiger partial charge in [0.05, 0.1) is 26.4 Å². The van der Waals surface area contributed by atoms with Gasteiger partial charge in [0.1, 0.15) is 19.3 Å². The predicted molar refractivity (Wildman–Crippen MR) is 418 cm³/mol. The third kappa shape index (κ3) is 75.3. The van der Waals surface area contributed by atoms with E-state index in [0.29, 0.717) is 25.7 Å². The molecule has 3 N–H and O–H groups in total. The zero-order chi connectivity index (χ0) is 74.6. The van der Waals surface area contributed by atoms with Crippen LogP contribution >= 0.6 is 15.6 Å². The Morgan fingerprint density at radius 3 is 0.755 bits per heavy atom. The average Bonchev–Trinajstić information content (AvgIpc) is 0.922. The number of carbonyl (C=O) groups excluding carboxylic acids is 4. The highest BCUT2D eigenvalue weighted by Gasteiger charge is 2.30. The molecular weight excluding hydrogens is 1330 g/mol. The Kier molecular flexibility index (Phi) is 74.0. The van der Waals surface area contributed by atoms with Crippen LogP contribution < -0.4 is 0 Å². The Morgan fingerprint density at radius 1 is 0.275 bits per heavy atom. The summed E-state index contributed by atoms with van der Waals surface area (Å²) in [7, 11) is -9.95. The molecule has 0 aromatic rings. The first-order valence-corrected chi connectivity index (χ1v) is 44.9. The molecule has 0 bridgehead atoms. The Hall–Kier alpha value is -2.98. The highest BCUT2D eigenvalue weighted by Crippen LogP contribution is 2.45. The number of esters is 4. The normalized spacial score (nSPS) is 14.1. The summed E-state index contributed by atoms with van der Waals surface area (Å²) in [6.45, 7) is 4.91. The van der Waals surface area contributed by atoms with Crippen molar-refractivity contribution in [2.45, 2.75) is 418 Å². The van der Waals surface area contributed by atoms with Crippen molar-refractivity contribution in [1.82, 2.24) is 0 Å². The molecular formula is C83H154O17P2. The number of aliphatic hydroxyl groups excluding tert-OH is 1. The molecule has 0 amide bonds. The van der Waals surface area contributed by atoms with E-state index in [1.165, 1.54) is 173 Å². The number of allylic oxidation sites excluding steroid dienone is 8. The summed E-state index contributed by atoms with van der Waals surface area (Å²) in [5.74, 6) is -2.17. The van der Waals surface area contributed by atoms with E-state index >= 15 is 0 Å². The lowest BCUT2D eigenvalue weighted by Crippen LogP contribution is -2.30. The first-order chi connectivity index (χ1) is 49.7. The van der Waals surface area contributed by atoms with Gasteiger partial charge in [-0.2, -0.15) is 0 Å². The lowest BCUT2D eigenvalue weighted by molar-refractivity contribution is -0.161. The van der Waals surface area contributed by atoms with E-state index in [4.69, 9.17) is 37.0 Å². The first kappa shape index (κ1) is 99.0. The van der Waals surface area contributed by atoms with Crippen molar-refractivity contribution in [2.75, 3.05) is 39.6 Å². The fraction of sp³-hybridized carbons (Fsp3) is 0.855. The summed E-state index contributed by atoms with van der Waals surface area (Å²) in [4.78, 5) is 73.1. The van der Waals surface area contributed by atoms with E-state index in [9.17, 15) is 43.2 Å². The van der Waals surface area contributed by atoms with E-state index in [-0.39, 0.29) is 25.7 Å². The van der Waals surface area contributed by atoms with Gasteiger partial charge >= 0.3 is 39.5 Å². The Labute approximate surface area is 623 Å². The maximum atomic E-state index is 13.1. The maximum absolute atomic E-state index is 13.1. The number of aliphatic hydroxyl groups is 1. The smallest absolute Gasteiger partial charge is 0.462 e. The first-order valence-electron chi connectivity index (χ1n) is 41.9. The molecule has 0 saturated carbocycles. The molecule has 17 nitrogen and oxygen atoms in total. The van der Waals surface area contributed by atoms with Crippen LogP contribution in [0, 0.1) is 0 Å². The number of phosphoric acid groups is 2. The molecule has 0 fully saturated rings. The SMILES string of the molecule is CCCCC/C=C\C/C=C\CCCCCCCC(=O)OC[C@H](COP(=O)(O)OC[C@H](O)COP(=O)(O)OC[C@@H](COC(=O)CCCCCCC/C=C\CCCCCCCC)OC(=O)CCCCCCCCCCCCCCCCCCC)OC(=O)CCCCCCC/C=C\CCCCCCCC. The van der Waals surface area contributed by atoms with Crippen LogP contribution in [-0.2, 0) is 65.4 Å². The lowest BCUT2D eigenvalue weighted by atomic mass is 10.0. The van der Waals surface area contributed by atoms with Crippen LogP contribution in [0.25, 0.3) is 0 Å². The second-order valence-corrected chi connectivity index (χ2v) is 31.3. The highest BCUT2D eigenvalue weighted by molar-refractivity contribution is 7.47.